The average molecular weight is 291 g/mol. The Morgan fingerprint density at radius 2 is 2.38 bits per heavy atom. The number of aryl methyl sites for hydroxylation is 1. The first-order chi connectivity index (χ1) is 10.1. The number of methoxy groups -OCH3 is 1. The molecular weight excluding hydrogens is 274 g/mol. The average Bonchev–Trinajstić information content (AvgIpc) is 3.07. The minimum Gasteiger partial charge on any atom is -0.481 e. The van der Waals surface area contributed by atoms with Crippen LogP contribution < -0.4 is 10.1 Å². The summed E-state index contributed by atoms with van der Waals surface area (Å²) in [6, 6.07) is 2.95. The molecule has 1 fully saturated rings. The smallest absolute Gasteiger partial charge is 0.272 e. The summed E-state index contributed by atoms with van der Waals surface area (Å²) >= 11 is 0. The fraction of sp³-hybridized carbons (Fsp3) is 0.462. The second-order valence-corrected chi connectivity index (χ2v) is 5.06. The molecule has 0 aliphatic heterocycles. The van der Waals surface area contributed by atoms with E-state index in [4.69, 9.17) is 4.74 Å². The third-order valence-corrected chi connectivity index (χ3v) is 3.73. The molecule has 0 aromatic carbocycles. The van der Waals surface area contributed by atoms with E-state index in [1.165, 1.54) is 11.8 Å². The summed E-state index contributed by atoms with van der Waals surface area (Å²) in [4.78, 5) is 12.2. The SMILES string of the molecule is COc1cc(C(=O)N[C@H]2C[C@@H](O)[C@@H]2n2cccn2)nn1C. The van der Waals surface area contributed by atoms with Gasteiger partial charge < -0.3 is 15.2 Å². The summed E-state index contributed by atoms with van der Waals surface area (Å²) in [7, 11) is 3.23. The van der Waals surface area contributed by atoms with E-state index >= 15 is 0 Å². The van der Waals surface area contributed by atoms with E-state index in [0.29, 0.717) is 12.3 Å². The van der Waals surface area contributed by atoms with Crippen molar-refractivity contribution in [2.75, 3.05) is 7.11 Å². The summed E-state index contributed by atoms with van der Waals surface area (Å²) in [5, 5.41) is 21.0. The van der Waals surface area contributed by atoms with E-state index in [2.05, 4.69) is 15.5 Å². The van der Waals surface area contributed by atoms with Crippen LogP contribution in [0.5, 0.6) is 5.88 Å². The molecule has 3 atom stereocenters. The van der Waals surface area contributed by atoms with E-state index in [1.807, 2.05) is 0 Å². The van der Waals surface area contributed by atoms with Crippen LogP contribution in [0.1, 0.15) is 23.0 Å². The highest BCUT2D eigenvalue weighted by atomic mass is 16.5. The number of carbonyl (C=O) groups excluding carboxylic acids is 1. The van der Waals surface area contributed by atoms with Gasteiger partial charge in [0.1, 0.15) is 0 Å². The number of hydrogen-bond donors (Lipinski definition) is 2. The van der Waals surface area contributed by atoms with Crippen molar-refractivity contribution in [2.45, 2.75) is 24.6 Å². The van der Waals surface area contributed by atoms with Crippen LogP contribution in [0.4, 0.5) is 0 Å². The lowest BCUT2D eigenvalue weighted by Gasteiger charge is -2.41. The number of rotatable bonds is 4. The largest absolute Gasteiger partial charge is 0.481 e. The van der Waals surface area contributed by atoms with Crippen LogP contribution in [-0.4, -0.2) is 49.8 Å². The minimum atomic E-state index is -0.506. The van der Waals surface area contributed by atoms with Gasteiger partial charge in [-0.1, -0.05) is 0 Å². The van der Waals surface area contributed by atoms with Crippen LogP contribution in [0, 0.1) is 0 Å². The fourth-order valence-electron chi connectivity index (χ4n) is 2.57. The zero-order valence-corrected chi connectivity index (χ0v) is 11.8. The van der Waals surface area contributed by atoms with Crippen molar-refractivity contribution in [3.05, 3.63) is 30.2 Å². The van der Waals surface area contributed by atoms with Crippen molar-refractivity contribution >= 4 is 5.91 Å². The van der Waals surface area contributed by atoms with Gasteiger partial charge in [0.25, 0.3) is 5.91 Å². The van der Waals surface area contributed by atoms with E-state index in [1.54, 1.807) is 36.3 Å². The highest BCUT2D eigenvalue weighted by Gasteiger charge is 2.42. The molecule has 2 N–H and O–H groups in total. The van der Waals surface area contributed by atoms with Gasteiger partial charge in [0, 0.05) is 25.5 Å². The predicted octanol–water partition coefficient (Wildman–Crippen LogP) is -0.271. The molecule has 0 radical (unpaired) electrons. The van der Waals surface area contributed by atoms with Gasteiger partial charge in [0.2, 0.25) is 5.88 Å². The molecule has 1 amide bonds. The van der Waals surface area contributed by atoms with Crippen LogP contribution in [0.15, 0.2) is 24.5 Å². The third kappa shape index (κ3) is 2.38. The minimum absolute atomic E-state index is 0.166. The lowest BCUT2D eigenvalue weighted by molar-refractivity contribution is -0.00596. The Kier molecular flexibility index (Phi) is 3.38. The third-order valence-electron chi connectivity index (χ3n) is 3.73. The summed E-state index contributed by atoms with van der Waals surface area (Å²) < 4.78 is 8.24. The van der Waals surface area contributed by atoms with E-state index in [9.17, 15) is 9.90 Å². The van der Waals surface area contributed by atoms with Crippen molar-refractivity contribution in [2.24, 2.45) is 7.05 Å². The van der Waals surface area contributed by atoms with E-state index in [-0.39, 0.29) is 23.7 Å². The van der Waals surface area contributed by atoms with Crippen LogP contribution in [0.3, 0.4) is 0 Å². The summed E-state index contributed by atoms with van der Waals surface area (Å²) in [6.45, 7) is 0. The molecule has 2 heterocycles. The van der Waals surface area contributed by atoms with Crippen molar-refractivity contribution in [3.63, 3.8) is 0 Å². The molecule has 0 spiro atoms. The van der Waals surface area contributed by atoms with Gasteiger partial charge >= 0.3 is 0 Å². The van der Waals surface area contributed by atoms with Gasteiger partial charge in [0.15, 0.2) is 5.69 Å². The Morgan fingerprint density at radius 1 is 1.57 bits per heavy atom. The first-order valence-corrected chi connectivity index (χ1v) is 6.66. The molecule has 1 aliphatic rings. The summed E-state index contributed by atoms with van der Waals surface area (Å²) in [5.41, 5.74) is 0.287. The molecule has 1 aliphatic carbocycles. The van der Waals surface area contributed by atoms with Crippen LogP contribution in [-0.2, 0) is 7.05 Å². The lowest BCUT2D eigenvalue weighted by atomic mass is 9.83. The number of amides is 1. The number of aliphatic hydroxyl groups excluding tert-OH is 1. The standard InChI is InChI=1S/C13H17N5O3/c1-17-11(21-2)7-9(16-17)13(20)15-8-6-10(19)12(8)18-5-3-4-14-18/h3-5,7-8,10,12,19H,6H2,1-2H3,(H,15,20)/t8-,10+,12+/m0/s1. The molecule has 2 aromatic rings. The van der Waals surface area contributed by atoms with Crippen LogP contribution in [0.25, 0.3) is 0 Å². The molecule has 8 heteroatoms. The first kappa shape index (κ1) is 13.6. The van der Waals surface area contributed by atoms with Gasteiger partial charge in [-0.3, -0.25) is 9.48 Å². The molecule has 0 unspecified atom stereocenters. The van der Waals surface area contributed by atoms with Crippen molar-refractivity contribution in [3.8, 4) is 5.88 Å². The normalized spacial score (nSPS) is 24.4. The molecule has 3 rings (SSSR count). The zero-order valence-electron chi connectivity index (χ0n) is 11.8. The fourth-order valence-corrected chi connectivity index (χ4v) is 2.57. The number of ether oxygens (including phenoxy) is 1. The van der Waals surface area contributed by atoms with Crippen molar-refractivity contribution < 1.29 is 14.6 Å². The van der Waals surface area contributed by atoms with E-state index in [0.717, 1.165) is 0 Å². The van der Waals surface area contributed by atoms with E-state index < -0.39 is 6.10 Å². The number of aliphatic hydroxyl groups is 1. The maximum atomic E-state index is 12.2. The van der Waals surface area contributed by atoms with Gasteiger partial charge in [-0.15, -0.1) is 0 Å². The second kappa shape index (κ2) is 5.21. The van der Waals surface area contributed by atoms with Gasteiger partial charge in [0.05, 0.1) is 25.3 Å². The number of aromatic nitrogens is 4. The Hall–Kier alpha value is -2.35. The van der Waals surface area contributed by atoms with Gasteiger partial charge in [-0.2, -0.15) is 10.2 Å². The molecule has 2 aromatic heterocycles. The van der Waals surface area contributed by atoms with Crippen LogP contribution >= 0.6 is 0 Å². The quantitative estimate of drug-likeness (QED) is 0.808. The molecule has 1 saturated carbocycles. The Labute approximate surface area is 121 Å². The van der Waals surface area contributed by atoms with Crippen molar-refractivity contribution in [1.29, 1.82) is 0 Å². The van der Waals surface area contributed by atoms with Gasteiger partial charge in [-0.05, 0) is 12.5 Å². The summed E-state index contributed by atoms with van der Waals surface area (Å²) in [6.07, 6.45) is 3.41. The molecule has 8 nitrogen and oxygen atoms in total. The van der Waals surface area contributed by atoms with Crippen LogP contribution in [0.2, 0.25) is 0 Å². The number of nitrogens with one attached hydrogen (secondary N) is 1. The Morgan fingerprint density at radius 3 is 2.95 bits per heavy atom. The number of hydrogen-bond acceptors (Lipinski definition) is 5. The maximum Gasteiger partial charge on any atom is 0.272 e. The lowest BCUT2D eigenvalue weighted by Crippen LogP contribution is -2.56. The van der Waals surface area contributed by atoms with Gasteiger partial charge in [-0.25, -0.2) is 4.68 Å². The monoisotopic (exact) mass is 291 g/mol. The highest BCUT2D eigenvalue weighted by Crippen LogP contribution is 2.32. The molecule has 112 valence electrons. The zero-order chi connectivity index (χ0) is 15.0. The number of nitrogens with zero attached hydrogens (tertiary/aromatic N) is 4. The first-order valence-electron chi connectivity index (χ1n) is 6.66. The topological polar surface area (TPSA) is 94.2 Å². The molecule has 0 bridgehead atoms. The maximum absolute atomic E-state index is 12.2. The second-order valence-electron chi connectivity index (χ2n) is 5.06. The number of carbonyl (C=O) groups is 1. The molecule has 21 heavy (non-hydrogen) atoms. The summed E-state index contributed by atoms with van der Waals surface area (Å²) in [5.74, 6) is 0.223. The highest BCUT2D eigenvalue weighted by molar-refractivity contribution is 5.92. The molecular formula is C13H17N5O3. The molecule has 0 saturated heterocycles. The van der Waals surface area contributed by atoms with Crippen molar-refractivity contribution in [1.82, 2.24) is 24.9 Å². The predicted molar refractivity (Wildman–Crippen MR) is 72.9 cm³/mol. The Bertz CT molecular complexity index is 636. The Balaban J connectivity index is 1.70.